The fraction of sp³-hybridized carbons (Fsp3) is 0.727. The summed E-state index contributed by atoms with van der Waals surface area (Å²) in [6.45, 7) is 5.56. The molecule has 2 nitrogen and oxygen atoms in total. The highest BCUT2D eigenvalue weighted by Crippen LogP contribution is 2.29. The first-order valence-electron chi connectivity index (χ1n) is 5.47. The number of aromatic nitrogens is 1. The van der Waals surface area contributed by atoms with E-state index in [1.165, 1.54) is 29.3 Å². The van der Waals surface area contributed by atoms with E-state index >= 15 is 0 Å². The molecule has 1 aromatic heterocycles. The predicted octanol–water partition coefficient (Wildman–Crippen LogP) is 2.77. The summed E-state index contributed by atoms with van der Waals surface area (Å²) >= 11 is 1.84. The van der Waals surface area contributed by atoms with Crippen molar-refractivity contribution >= 4 is 11.3 Å². The molecule has 14 heavy (non-hydrogen) atoms. The maximum Gasteiger partial charge on any atom is 0.109 e. The molecule has 0 spiro atoms. The first kappa shape index (κ1) is 10.1. The van der Waals surface area contributed by atoms with Gasteiger partial charge < -0.3 is 5.32 Å². The smallest absolute Gasteiger partial charge is 0.109 e. The molecule has 0 aliphatic heterocycles. The molecular formula is C11H18N2S. The van der Waals surface area contributed by atoms with Crippen LogP contribution in [-0.2, 0) is 6.42 Å². The monoisotopic (exact) mass is 210 g/mol. The van der Waals surface area contributed by atoms with Crippen LogP contribution in [0.25, 0.3) is 0 Å². The third-order valence-electron chi connectivity index (χ3n) is 2.70. The summed E-state index contributed by atoms with van der Waals surface area (Å²) in [6.07, 6.45) is 5.94. The lowest BCUT2D eigenvalue weighted by Crippen LogP contribution is -2.20. The van der Waals surface area contributed by atoms with Crippen molar-refractivity contribution in [3.8, 4) is 0 Å². The van der Waals surface area contributed by atoms with Crippen LogP contribution in [0.4, 0.5) is 0 Å². The molecule has 1 aliphatic carbocycles. The SMILES string of the molecule is CCc1cnc(C(C)NCC2CC2)s1. The summed E-state index contributed by atoms with van der Waals surface area (Å²) < 4.78 is 0. The second-order valence-corrected chi connectivity index (χ2v) is 5.24. The molecule has 1 saturated carbocycles. The van der Waals surface area contributed by atoms with Crippen molar-refractivity contribution in [3.63, 3.8) is 0 Å². The van der Waals surface area contributed by atoms with Gasteiger partial charge in [0.25, 0.3) is 0 Å². The summed E-state index contributed by atoms with van der Waals surface area (Å²) in [5.41, 5.74) is 0. The third-order valence-corrected chi connectivity index (χ3v) is 4.02. The van der Waals surface area contributed by atoms with Gasteiger partial charge in [-0.1, -0.05) is 6.92 Å². The largest absolute Gasteiger partial charge is 0.308 e. The highest BCUT2D eigenvalue weighted by molar-refractivity contribution is 7.11. The van der Waals surface area contributed by atoms with Crippen LogP contribution in [0.15, 0.2) is 6.20 Å². The van der Waals surface area contributed by atoms with Crippen LogP contribution in [0.5, 0.6) is 0 Å². The molecule has 1 aromatic rings. The number of thiazole rings is 1. The zero-order valence-electron chi connectivity index (χ0n) is 8.92. The Morgan fingerprint density at radius 2 is 2.43 bits per heavy atom. The van der Waals surface area contributed by atoms with E-state index in [9.17, 15) is 0 Å². The van der Waals surface area contributed by atoms with Gasteiger partial charge in [0.05, 0.1) is 6.04 Å². The van der Waals surface area contributed by atoms with E-state index in [1.54, 1.807) is 0 Å². The lowest BCUT2D eigenvalue weighted by atomic mass is 10.3. The molecule has 1 fully saturated rings. The minimum atomic E-state index is 0.431. The van der Waals surface area contributed by atoms with Gasteiger partial charge in [0.1, 0.15) is 5.01 Å². The van der Waals surface area contributed by atoms with Crippen molar-refractivity contribution in [3.05, 3.63) is 16.1 Å². The van der Waals surface area contributed by atoms with Crippen molar-refractivity contribution in [1.29, 1.82) is 0 Å². The number of rotatable bonds is 5. The van der Waals surface area contributed by atoms with Crippen LogP contribution in [0.2, 0.25) is 0 Å². The van der Waals surface area contributed by atoms with Crippen molar-refractivity contribution in [2.45, 2.75) is 39.2 Å². The zero-order valence-corrected chi connectivity index (χ0v) is 9.73. The molecule has 0 radical (unpaired) electrons. The van der Waals surface area contributed by atoms with E-state index in [2.05, 4.69) is 24.1 Å². The molecule has 0 saturated heterocycles. The van der Waals surface area contributed by atoms with Crippen molar-refractivity contribution < 1.29 is 0 Å². The number of aryl methyl sites for hydroxylation is 1. The fourth-order valence-electron chi connectivity index (χ4n) is 1.44. The fourth-order valence-corrected chi connectivity index (χ4v) is 2.32. The van der Waals surface area contributed by atoms with E-state index in [0.717, 1.165) is 12.3 Å². The Bertz CT molecular complexity index is 291. The van der Waals surface area contributed by atoms with E-state index < -0.39 is 0 Å². The summed E-state index contributed by atoms with van der Waals surface area (Å²) in [4.78, 5) is 5.83. The minimum Gasteiger partial charge on any atom is -0.308 e. The van der Waals surface area contributed by atoms with Gasteiger partial charge in [0.15, 0.2) is 0 Å². The molecule has 1 atom stereocenters. The number of hydrogen-bond acceptors (Lipinski definition) is 3. The van der Waals surface area contributed by atoms with Crippen molar-refractivity contribution in [1.82, 2.24) is 10.3 Å². The average Bonchev–Trinajstić information content (AvgIpc) is 2.90. The third kappa shape index (κ3) is 2.55. The van der Waals surface area contributed by atoms with Crippen LogP contribution in [0.1, 0.15) is 42.6 Å². The molecular weight excluding hydrogens is 192 g/mol. The molecule has 0 aromatic carbocycles. The Morgan fingerprint density at radius 1 is 1.64 bits per heavy atom. The highest BCUT2D eigenvalue weighted by Gasteiger charge is 2.22. The second-order valence-electron chi connectivity index (χ2n) is 4.09. The minimum absolute atomic E-state index is 0.431. The predicted molar refractivity (Wildman–Crippen MR) is 60.6 cm³/mol. The summed E-state index contributed by atoms with van der Waals surface area (Å²) in [5, 5.41) is 4.78. The molecule has 0 bridgehead atoms. The topological polar surface area (TPSA) is 24.9 Å². The Hall–Kier alpha value is -0.410. The van der Waals surface area contributed by atoms with Gasteiger partial charge in [0, 0.05) is 11.1 Å². The van der Waals surface area contributed by atoms with Crippen LogP contribution < -0.4 is 5.32 Å². The maximum atomic E-state index is 4.44. The standard InChI is InChI=1S/C11H18N2S/c1-3-10-7-13-11(14-10)8(2)12-6-9-4-5-9/h7-9,12H,3-6H2,1-2H3. The van der Waals surface area contributed by atoms with Gasteiger partial charge in [-0.3, -0.25) is 0 Å². The van der Waals surface area contributed by atoms with Gasteiger partial charge in [0.2, 0.25) is 0 Å². The average molecular weight is 210 g/mol. The first-order chi connectivity index (χ1) is 6.79. The molecule has 0 amide bonds. The Balaban J connectivity index is 1.85. The zero-order chi connectivity index (χ0) is 9.97. The van der Waals surface area contributed by atoms with Crippen LogP contribution in [0.3, 0.4) is 0 Å². The molecule has 1 aliphatic rings. The number of hydrogen-bond donors (Lipinski definition) is 1. The van der Waals surface area contributed by atoms with Crippen LogP contribution in [0, 0.1) is 5.92 Å². The van der Waals surface area contributed by atoms with E-state index in [1.807, 2.05) is 17.5 Å². The van der Waals surface area contributed by atoms with Gasteiger partial charge >= 0.3 is 0 Å². The van der Waals surface area contributed by atoms with Crippen molar-refractivity contribution in [2.75, 3.05) is 6.54 Å². The Labute approximate surface area is 89.8 Å². The quantitative estimate of drug-likeness (QED) is 0.808. The molecule has 2 rings (SSSR count). The van der Waals surface area contributed by atoms with E-state index in [-0.39, 0.29) is 0 Å². The lowest BCUT2D eigenvalue weighted by molar-refractivity contribution is 0.546. The van der Waals surface area contributed by atoms with E-state index in [4.69, 9.17) is 0 Å². The van der Waals surface area contributed by atoms with Gasteiger partial charge in [-0.25, -0.2) is 4.98 Å². The molecule has 78 valence electrons. The van der Waals surface area contributed by atoms with Crippen LogP contribution >= 0.6 is 11.3 Å². The summed E-state index contributed by atoms with van der Waals surface area (Å²) in [6, 6.07) is 0.431. The van der Waals surface area contributed by atoms with E-state index in [0.29, 0.717) is 6.04 Å². The van der Waals surface area contributed by atoms with Crippen LogP contribution in [-0.4, -0.2) is 11.5 Å². The summed E-state index contributed by atoms with van der Waals surface area (Å²) in [5.74, 6) is 0.947. The Kier molecular flexibility index (Phi) is 3.19. The summed E-state index contributed by atoms with van der Waals surface area (Å²) in [7, 11) is 0. The number of nitrogens with zero attached hydrogens (tertiary/aromatic N) is 1. The normalized spacial score (nSPS) is 18.4. The van der Waals surface area contributed by atoms with Gasteiger partial charge in [-0.05, 0) is 38.6 Å². The van der Waals surface area contributed by atoms with Crippen molar-refractivity contribution in [2.24, 2.45) is 5.92 Å². The van der Waals surface area contributed by atoms with Gasteiger partial charge in [-0.2, -0.15) is 0 Å². The second kappa shape index (κ2) is 4.41. The molecule has 3 heteroatoms. The lowest BCUT2D eigenvalue weighted by Gasteiger charge is -2.09. The highest BCUT2D eigenvalue weighted by atomic mass is 32.1. The molecule has 1 unspecified atom stereocenters. The Morgan fingerprint density at radius 3 is 3.00 bits per heavy atom. The molecule has 1 heterocycles. The molecule has 1 N–H and O–H groups in total. The first-order valence-corrected chi connectivity index (χ1v) is 6.29. The van der Waals surface area contributed by atoms with Gasteiger partial charge in [-0.15, -0.1) is 11.3 Å². The maximum absolute atomic E-state index is 4.44. The number of nitrogens with one attached hydrogen (secondary N) is 1.